The van der Waals surface area contributed by atoms with Gasteiger partial charge in [0.15, 0.2) is 6.10 Å². The second-order valence-electron chi connectivity index (χ2n) is 11.3. The number of benzene rings is 1. The molecule has 0 fully saturated rings. The molecular formula is C29H49BrINO8P+. The van der Waals surface area contributed by atoms with E-state index < -0.39 is 32.5 Å². The lowest BCUT2D eigenvalue weighted by Crippen LogP contribution is -2.37. The fourth-order valence-electron chi connectivity index (χ4n) is 3.84. The molecule has 0 radical (unpaired) electrons. The Morgan fingerprint density at radius 2 is 1.51 bits per heavy atom. The van der Waals surface area contributed by atoms with E-state index in [4.69, 9.17) is 18.5 Å². The molecule has 0 bridgehead atoms. The number of phosphoric acid groups is 1. The number of phosphoric ester groups is 1. The normalized spacial score (nSPS) is 13.9. The topological polar surface area (TPSA) is 108 Å². The first-order valence-corrected chi connectivity index (χ1v) is 17.9. The molecule has 0 saturated carbocycles. The summed E-state index contributed by atoms with van der Waals surface area (Å²) >= 11 is 5.44. The van der Waals surface area contributed by atoms with Gasteiger partial charge in [0.05, 0.1) is 33.3 Å². The van der Waals surface area contributed by atoms with E-state index in [1.165, 1.54) is 51.4 Å². The third-order valence-electron chi connectivity index (χ3n) is 6.23. The maximum Gasteiger partial charge on any atom is 0.472 e. The number of rotatable bonds is 23. The van der Waals surface area contributed by atoms with Crippen LogP contribution in [0.3, 0.4) is 0 Å². The molecule has 0 amide bonds. The highest BCUT2D eigenvalue weighted by molar-refractivity contribution is 14.1. The van der Waals surface area contributed by atoms with E-state index in [1.54, 1.807) is 12.1 Å². The summed E-state index contributed by atoms with van der Waals surface area (Å²) in [5, 5.41) is 0. The van der Waals surface area contributed by atoms with Crippen molar-refractivity contribution < 1.29 is 42.1 Å². The van der Waals surface area contributed by atoms with Crippen LogP contribution in [0.2, 0.25) is 0 Å². The fourth-order valence-corrected chi connectivity index (χ4v) is 6.18. The molecule has 0 heterocycles. The first-order chi connectivity index (χ1) is 19.3. The SMILES string of the molecule is CCCCCCCCCCCCCC(=O)OC[C@H](COP(=O)(O)OCC[N+](C)(C)C)OC(=O)c1cc(Br)cc(I)c1. The Balaban J connectivity index is 2.52. The number of ether oxygens (including phenoxy) is 2. The van der Waals surface area contributed by atoms with Gasteiger partial charge in [-0.15, -0.1) is 0 Å². The molecule has 1 aromatic carbocycles. The number of carbonyl (C=O) groups is 2. The summed E-state index contributed by atoms with van der Waals surface area (Å²) in [4.78, 5) is 35.2. The fraction of sp³-hybridized carbons (Fsp3) is 0.724. The van der Waals surface area contributed by atoms with E-state index in [1.807, 2.05) is 27.2 Å². The molecule has 1 aromatic rings. The zero-order chi connectivity index (χ0) is 30.7. The maximum atomic E-state index is 12.8. The van der Waals surface area contributed by atoms with Crippen LogP contribution in [-0.4, -0.2) is 74.9 Å². The van der Waals surface area contributed by atoms with Gasteiger partial charge in [-0.2, -0.15) is 0 Å². The molecule has 1 N–H and O–H groups in total. The second-order valence-corrected chi connectivity index (χ2v) is 14.9. The van der Waals surface area contributed by atoms with Gasteiger partial charge in [0.1, 0.15) is 19.8 Å². The number of unbranched alkanes of at least 4 members (excludes halogenated alkanes) is 10. The lowest BCUT2D eigenvalue weighted by Gasteiger charge is -2.24. The predicted molar refractivity (Wildman–Crippen MR) is 173 cm³/mol. The molecule has 0 aliphatic carbocycles. The minimum atomic E-state index is -4.40. The van der Waals surface area contributed by atoms with Crippen molar-refractivity contribution in [1.82, 2.24) is 0 Å². The maximum absolute atomic E-state index is 12.8. The summed E-state index contributed by atoms with van der Waals surface area (Å²) < 4.78 is 35.4. The van der Waals surface area contributed by atoms with Crippen molar-refractivity contribution in [2.24, 2.45) is 0 Å². The quantitative estimate of drug-likeness (QED) is 0.0397. The number of likely N-dealkylation sites (N-methyl/N-ethyl adjacent to an activating group) is 1. The van der Waals surface area contributed by atoms with Gasteiger partial charge < -0.3 is 18.9 Å². The molecule has 236 valence electrons. The van der Waals surface area contributed by atoms with Crippen molar-refractivity contribution >= 4 is 58.3 Å². The zero-order valence-electron chi connectivity index (χ0n) is 25.1. The summed E-state index contributed by atoms with van der Waals surface area (Å²) in [6.07, 6.45) is 12.1. The molecule has 2 atom stereocenters. The Labute approximate surface area is 268 Å². The number of hydrogen-bond acceptors (Lipinski definition) is 7. The Kier molecular flexibility index (Phi) is 19.9. The van der Waals surface area contributed by atoms with Crippen molar-refractivity contribution in [1.29, 1.82) is 0 Å². The molecule has 0 aliphatic heterocycles. The van der Waals surface area contributed by atoms with Gasteiger partial charge in [0, 0.05) is 14.5 Å². The van der Waals surface area contributed by atoms with Crippen molar-refractivity contribution in [2.45, 2.75) is 90.1 Å². The minimum Gasteiger partial charge on any atom is -0.462 e. The summed E-state index contributed by atoms with van der Waals surface area (Å²) in [6, 6.07) is 5.09. The summed E-state index contributed by atoms with van der Waals surface area (Å²) in [6.45, 7) is 1.95. The Hall–Kier alpha value is -0.560. The highest BCUT2D eigenvalue weighted by Crippen LogP contribution is 2.43. The number of quaternary nitrogens is 1. The Morgan fingerprint density at radius 3 is 2.07 bits per heavy atom. The first-order valence-electron chi connectivity index (χ1n) is 14.6. The second kappa shape index (κ2) is 21.2. The van der Waals surface area contributed by atoms with Gasteiger partial charge in [-0.1, -0.05) is 87.1 Å². The van der Waals surface area contributed by atoms with Crippen molar-refractivity contribution in [3.05, 3.63) is 31.8 Å². The third-order valence-corrected chi connectivity index (χ3v) is 8.29. The van der Waals surface area contributed by atoms with Crippen molar-refractivity contribution in [3.8, 4) is 0 Å². The van der Waals surface area contributed by atoms with Crippen LogP contribution >= 0.6 is 46.3 Å². The van der Waals surface area contributed by atoms with Crippen LogP contribution in [0, 0.1) is 3.57 Å². The van der Waals surface area contributed by atoms with Crippen LogP contribution in [0.15, 0.2) is 22.7 Å². The van der Waals surface area contributed by atoms with Gasteiger partial charge in [0.25, 0.3) is 0 Å². The van der Waals surface area contributed by atoms with Gasteiger partial charge >= 0.3 is 19.8 Å². The largest absolute Gasteiger partial charge is 0.472 e. The van der Waals surface area contributed by atoms with Crippen LogP contribution < -0.4 is 0 Å². The minimum absolute atomic E-state index is 0.00611. The molecule has 1 rings (SSSR count). The van der Waals surface area contributed by atoms with E-state index in [0.29, 0.717) is 15.5 Å². The smallest absolute Gasteiger partial charge is 0.462 e. The number of halogens is 2. The van der Waals surface area contributed by atoms with Gasteiger partial charge in [-0.05, 0) is 47.2 Å². The van der Waals surface area contributed by atoms with Crippen LogP contribution in [0.4, 0.5) is 0 Å². The molecule has 0 aromatic heterocycles. The summed E-state index contributed by atoms with van der Waals surface area (Å²) in [5.74, 6) is -1.08. The molecular weight excluding hydrogens is 728 g/mol. The van der Waals surface area contributed by atoms with E-state index in [9.17, 15) is 19.0 Å². The summed E-state index contributed by atoms with van der Waals surface area (Å²) in [5.41, 5.74) is 0.285. The van der Waals surface area contributed by atoms with Gasteiger partial charge in [-0.3, -0.25) is 13.8 Å². The Morgan fingerprint density at radius 1 is 0.927 bits per heavy atom. The number of carbonyl (C=O) groups excluding carboxylic acids is 2. The molecule has 12 heteroatoms. The van der Waals surface area contributed by atoms with E-state index in [0.717, 1.165) is 22.8 Å². The van der Waals surface area contributed by atoms with Crippen LogP contribution in [0.1, 0.15) is 94.3 Å². The lowest BCUT2D eigenvalue weighted by molar-refractivity contribution is -0.870. The molecule has 41 heavy (non-hydrogen) atoms. The Bertz CT molecular complexity index is 939. The number of esters is 2. The zero-order valence-corrected chi connectivity index (χ0v) is 29.7. The van der Waals surface area contributed by atoms with E-state index >= 15 is 0 Å². The van der Waals surface area contributed by atoms with E-state index in [-0.39, 0.29) is 25.2 Å². The average molecular weight is 777 g/mol. The molecule has 0 spiro atoms. The molecule has 0 aliphatic rings. The standard InChI is InChI=1S/C29H48BrINO8P/c1-5-6-7-8-9-10-11-12-13-14-15-16-28(33)37-22-27(23-39-41(35,36)38-18-17-32(2,3)4)40-29(34)24-19-25(30)21-26(31)20-24/h19-21,27H,5-18,22-23H2,1-4H3/p+1/t27-/m1/s1. The van der Waals surface area contributed by atoms with Crippen LogP contribution in [0.25, 0.3) is 0 Å². The molecule has 1 unspecified atom stereocenters. The van der Waals surface area contributed by atoms with Gasteiger partial charge in [-0.25, -0.2) is 9.36 Å². The van der Waals surface area contributed by atoms with Crippen LogP contribution in [0.5, 0.6) is 0 Å². The average Bonchev–Trinajstić information content (AvgIpc) is 2.87. The van der Waals surface area contributed by atoms with E-state index in [2.05, 4.69) is 45.4 Å². The van der Waals surface area contributed by atoms with Gasteiger partial charge in [0.2, 0.25) is 0 Å². The van der Waals surface area contributed by atoms with Crippen molar-refractivity contribution in [2.75, 3.05) is 47.5 Å². The predicted octanol–water partition coefficient (Wildman–Crippen LogP) is 7.66. The monoisotopic (exact) mass is 776 g/mol. The number of hydrogen-bond donors (Lipinski definition) is 1. The highest BCUT2D eigenvalue weighted by atomic mass is 127. The summed E-state index contributed by atoms with van der Waals surface area (Å²) in [7, 11) is 1.38. The molecule has 0 saturated heterocycles. The first kappa shape index (κ1) is 38.5. The van der Waals surface area contributed by atoms with Crippen LogP contribution in [-0.2, 0) is 27.9 Å². The van der Waals surface area contributed by atoms with Crippen molar-refractivity contribution in [3.63, 3.8) is 0 Å². The third kappa shape index (κ3) is 20.9. The lowest BCUT2D eigenvalue weighted by atomic mass is 10.1. The highest BCUT2D eigenvalue weighted by Gasteiger charge is 2.27. The number of nitrogens with zero attached hydrogens (tertiary/aromatic N) is 1. The molecule has 9 nitrogen and oxygen atoms in total.